The van der Waals surface area contributed by atoms with Crippen LogP contribution in [-0.2, 0) is 12.8 Å². The van der Waals surface area contributed by atoms with Crippen LogP contribution in [0.1, 0.15) is 17.4 Å². The van der Waals surface area contributed by atoms with Gasteiger partial charge in [-0.3, -0.25) is 10.1 Å². The second kappa shape index (κ2) is 8.39. The number of rotatable bonds is 8. The van der Waals surface area contributed by atoms with Gasteiger partial charge in [-0.25, -0.2) is 9.97 Å². The molecular formula is C18H19N5O2S. The Morgan fingerprint density at radius 3 is 2.69 bits per heavy atom. The minimum Gasteiger partial charge on any atom is -0.364 e. The fraction of sp³-hybridized carbons (Fsp3) is 0.222. The van der Waals surface area contributed by atoms with Gasteiger partial charge in [-0.05, 0) is 35.9 Å². The average Bonchev–Trinajstić information content (AvgIpc) is 3.15. The van der Waals surface area contributed by atoms with E-state index in [0.717, 1.165) is 24.1 Å². The standard InChI is InChI=1S/C18H19N5O2S/c1-2-13-6-3-4-8-15(13)22-18-16(23(24)25)17(20-12-21-18)19-10-9-14-7-5-11-26-14/h3-8,11-12H,2,9-10H2,1H3,(H2,19,20,21,22). The average molecular weight is 369 g/mol. The monoisotopic (exact) mass is 369 g/mol. The number of aromatic nitrogens is 2. The number of nitrogens with one attached hydrogen (secondary N) is 2. The number of hydrogen-bond donors (Lipinski definition) is 2. The highest BCUT2D eigenvalue weighted by molar-refractivity contribution is 7.09. The summed E-state index contributed by atoms with van der Waals surface area (Å²) in [5.41, 5.74) is 1.72. The van der Waals surface area contributed by atoms with Crippen molar-refractivity contribution in [2.24, 2.45) is 0 Å². The molecule has 134 valence electrons. The van der Waals surface area contributed by atoms with Gasteiger partial charge < -0.3 is 10.6 Å². The van der Waals surface area contributed by atoms with Crippen molar-refractivity contribution in [1.29, 1.82) is 0 Å². The predicted octanol–water partition coefficient (Wildman–Crippen LogP) is 4.41. The van der Waals surface area contributed by atoms with Crippen LogP contribution < -0.4 is 10.6 Å². The van der Waals surface area contributed by atoms with Gasteiger partial charge in [0.05, 0.1) is 4.92 Å². The summed E-state index contributed by atoms with van der Waals surface area (Å²) in [5.74, 6) is 0.405. The zero-order chi connectivity index (χ0) is 18.4. The Kier molecular flexibility index (Phi) is 5.75. The summed E-state index contributed by atoms with van der Waals surface area (Å²) in [6.45, 7) is 2.59. The molecule has 0 fully saturated rings. The van der Waals surface area contributed by atoms with Gasteiger partial charge in [0, 0.05) is 17.1 Å². The number of anilines is 3. The lowest BCUT2D eigenvalue weighted by Gasteiger charge is -2.12. The number of nitrogens with zero attached hydrogens (tertiary/aromatic N) is 3. The molecule has 2 aromatic heterocycles. The van der Waals surface area contributed by atoms with E-state index in [9.17, 15) is 10.1 Å². The van der Waals surface area contributed by atoms with Crippen LogP contribution in [0.4, 0.5) is 23.0 Å². The van der Waals surface area contributed by atoms with E-state index in [2.05, 4.69) is 20.6 Å². The molecule has 1 aromatic carbocycles. The molecule has 0 saturated heterocycles. The van der Waals surface area contributed by atoms with Crippen LogP contribution in [0.3, 0.4) is 0 Å². The summed E-state index contributed by atoms with van der Waals surface area (Å²) < 4.78 is 0. The molecule has 8 heteroatoms. The fourth-order valence-corrected chi connectivity index (χ4v) is 3.32. The van der Waals surface area contributed by atoms with Gasteiger partial charge in [-0.1, -0.05) is 31.2 Å². The highest BCUT2D eigenvalue weighted by Gasteiger charge is 2.23. The van der Waals surface area contributed by atoms with Crippen LogP contribution >= 0.6 is 11.3 Å². The summed E-state index contributed by atoms with van der Waals surface area (Å²) in [7, 11) is 0. The Balaban J connectivity index is 1.82. The second-order valence-electron chi connectivity index (χ2n) is 5.57. The van der Waals surface area contributed by atoms with Crippen molar-refractivity contribution < 1.29 is 4.92 Å². The quantitative estimate of drug-likeness (QED) is 0.451. The largest absolute Gasteiger partial charge is 0.364 e. The van der Waals surface area contributed by atoms with Crippen molar-refractivity contribution in [2.45, 2.75) is 19.8 Å². The molecule has 2 N–H and O–H groups in total. The van der Waals surface area contributed by atoms with E-state index < -0.39 is 4.92 Å². The van der Waals surface area contributed by atoms with Gasteiger partial charge in [0.25, 0.3) is 0 Å². The Labute approximate surface area is 155 Å². The number of aryl methyl sites for hydroxylation is 1. The van der Waals surface area contributed by atoms with Crippen LogP contribution in [-0.4, -0.2) is 21.4 Å². The SMILES string of the molecule is CCc1ccccc1Nc1ncnc(NCCc2cccs2)c1[N+](=O)[O-]. The van der Waals surface area contributed by atoms with Gasteiger partial charge in [-0.2, -0.15) is 0 Å². The van der Waals surface area contributed by atoms with E-state index in [0.29, 0.717) is 6.54 Å². The zero-order valence-corrected chi connectivity index (χ0v) is 15.1. The van der Waals surface area contributed by atoms with Crippen LogP contribution in [0.15, 0.2) is 48.1 Å². The van der Waals surface area contributed by atoms with E-state index in [1.807, 2.05) is 48.7 Å². The Hall–Kier alpha value is -3.00. The normalized spacial score (nSPS) is 10.5. The molecule has 0 saturated carbocycles. The summed E-state index contributed by atoms with van der Waals surface area (Å²) in [6, 6.07) is 11.7. The summed E-state index contributed by atoms with van der Waals surface area (Å²) in [5, 5.41) is 19.8. The molecular weight excluding hydrogens is 350 g/mol. The molecule has 0 spiro atoms. The number of hydrogen-bond acceptors (Lipinski definition) is 7. The van der Waals surface area contributed by atoms with Crippen molar-refractivity contribution in [3.05, 3.63) is 68.7 Å². The zero-order valence-electron chi connectivity index (χ0n) is 14.3. The maximum atomic E-state index is 11.6. The van der Waals surface area contributed by atoms with Crippen LogP contribution in [0, 0.1) is 10.1 Å². The van der Waals surface area contributed by atoms with Crippen molar-refractivity contribution in [2.75, 3.05) is 17.2 Å². The third kappa shape index (κ3) is 4.15. The van der Waals surface area contributed by atoms with E-state index in [4.69, 9.17) is 0 Å². The van der Waals surface area contributed by atoms with Crippen LogP contribution in [0.5, 0.6) is 0 Å². The van der Waals surface area contributed by atoms with Gasteiger partial charge in [0.1, 0.15) is 6.33 Å². The van der Waals surface area contributed by atoms with Gasteiger partial charge in [0.2, 0.25) is 11.6 Å². The molecule has 0 radical (unpaired) electrons. The lowest BCUT2D eigenvalue weighted by Crippen LogP contribution is -2.10. The molecule has 3 rings (SSSR count). The number of para-hydroxylation sites is 1. The molecule has 0 amide bonds. The summed E-state index contributed by atoms with van der Waals surface area (Å²) >= 11 is 1.66. The Morgan fingerprint density at radius 1 is 1.15 bits per heavy atom. The van der Waals surface area contributed by atoms with Crippen molar-refractivity contribution >= 4 is 34.3 Å². The number of thiophene rings is 1. The molecule has 0 atom stereocenters. The smallest absolute Gasteiger partial charge is 0.353 e. The summed E-state index contributed by atoms with van der Waals surface area (Å²) in [4.78, 5) is 20.5. The molecule has 2 heterocycles. The molecule has 3 aromatic rings. The van der Waals surface area contributed by atoms with Crippen molar-refractivity contribution in [3.8, 4) is 0 Å². The van der Waals surface area contributed by atoms with Gasteiger partial charge in [0.15, 0.2) is 0 Å². The third-order valence-electron chi connectivity index (χ3n) is 3.90. The topological polar surface area (TPSA) is 93.0 Å². The molecule has 0 aliphatic rings. The highest BCUT2D eigenvalue weighted by atomic mass is 32.1. The molecule has 0 bridgehead atoms. The van der Waals surface area contributed by atoms with Crippen molar-refractivity contribution in [3.63, 3.8) is 0 Å². The molecule has 0 aliphatic carbocycles. The Morgan fingerprint density at radius 2 is 1.96 bits per heavy atom. The maximum absolute atomic E-state index is 11.6. The minimum atomic E-state index is -0.454. The predicted molar refractivity (Wildman–Crippen MR) is 104 cm³/mol. The van der Waals surface area contributed by atoms with Crippen LogP contribution in [0.25, 0.3) is 0 Å². The molecule has 0 aliphatic heterocycles. The van der Waals surface area contributed by atoms with Gasteiger partial charge >= 0.3 is 5.69 Å². The van der Waals surface area contributed by atoms with Gasteiger partial charge in [-0.15, -0.1) is 11.3 Å². The highest BCUT2D eigenvalue weighted by Crippen LogP contribution is 2.32. The van der Waals surface area contributed by atoms with Crippen LogP contribution in [0.2, 0.25) is 0 Å². The van der Waals surface area contributed by atoms with E-state index in [-0.39, 0.29) is 17.3 Å². The fourth-order valence-electron chi connectivity index (χ4n) is 2.61. The van der Waals surface area contributed by atoms with E-state index in [1.165, 1.54) is 11.2 Å². The lowest BCUT2D eigenvalue weighted by molar-refractivity contribution is -0.383. The maximum Gasteiger partial charge on any atom is 0.353 e. The van der Waals surface area contributed by atoms with E-state index in [1.54, 1.807) is 11.3 Å². The van der Waals surface area contributed by atoms with Crippen molar-refractivity contribution in [1.82, 2.24) is 9.97 Å². The first kappa shape index (κ1) is 17.8. The molecule has 26 heavy (non-hydrogen) atoms. The second-order valence-corrected chi connectivity index (χ2v) is 6.60. The number of nitro groups is 1. The molecule has 7 nitrogen and oxygen atoms in total. The lowest BCUT2D eigenvalue weighted by atomic mass is 10.1. The van der Waals surface area contributed by atoms with E-state index >= 15 is 0 Å². The summed E-state index contributed by atoms with van der Waals surface area (Å²) in [6.07, 6.45) is 2.92. The first-order valence-corrected chi connectivity index (χ1v) is 9.17. The first-order chi connectivity index (χ1) is 12.7. The third-order valence-corrected chi connectivity index (χ3v) is 4.84. The minimum absolute atomic E-state index is 0.149. The number of benzene rings is 1. The molecule has 0 unspecified atom stereocenters. The Bertz CT molecular complexity index is 883. The first-order valence-electron chi connectivity index (χ1n) is 8.29.